The largest absolute Gasteiger partial charge is 0.401 e. The first-order valence-electron chi connectivity index (χ1n) is 8.98. The zero-order valence-electron chi connectivity index (χ0n) is 15.4. The monoisotopic (exact) mass is 406 g/mol. The Kier molecular flexibility index (Phi) is 8.69. The lowest BCUT2D eigenvalue weighted by Crippen LogP contribution is -2.41. The van der Waals surface area contributed by atoms with Gasteiger partial charge in [0.05, 0.1) is 6.54 Å². The molecule has 0 aromatic heterocycles. The van der Waals surface area contributed by atoms with E-state index in [1.807, 2.05) is 0 Å². The summed E-state index contributed by atoms with van der Waals surface area (Å²) in [6.45, 7) is 1.45. The summed E-state index contributed by atoms with van der Waals surface area (Å²) in [5.74, 6) is 1.51. The van der Waals surface area contributed by atoms with Crippen LogP contribution in [-0.4, -0.2) is 62.6 Å². The maximum absolute atomic E-state index is 12.8. The molecule has 27 heavy (non-hydrogen) atoms. The van der Waals surface area contributed by atoms with Crippen molar-refractivity contribution in [2.75, 3.05) is 45.5 Å². The fraction of sp³-hybridized carbons (Fsp3) is 0.611. The normalized spacial score (nSPS) is 18.7. The average Bonchev–Trinajstić information content (AvgIpc) is 3.04. The number of guanidine groups is 1. The summed E-state index contributed by atoms with van der Waals surface area (Å²) in [5.41, 5.74) is 0. The summed E-state index contributed by atoms with van der Waals surface area (Å²) in [6.07, 6.45) is -2.47. The van der Waals surface area contributed by atoms with Gasteiger partial charge in [-0.05, 0) is 55.3 Å². The first-order chi connectivity index (χ1) is 12.9. The zero-order valence-corrected chi connectivity index (χ0v) is 16.2. The van der Waals surface area contributed by atoms with E-state index >= 15 is 0 Å². The highest BCUT2D eigenvalue weighted by atomic mass is 32.2. The standard InChI is InChI=1S/C18H26F4N4S/c1-23-17(24-8-2-10-27-16-5-3-15(19)4-6-16)25-11-14-7-9-26(12-14)13-18(20,21)22/h3-6,14H,2,7-13H2,1H3,(H2,23,24,25). The van der Waals surface area contributed by atoms with Gasteiger partial charge in [0.25, 0.3) is 0 Å². The third-order valence-corrected chi connectivity index (χ3v) is 5.35. The number of rotatable bonds is 8. The number of likely N-dealkylation sites (tertiary alicyclic amines) is 1. The molecular weight excluding hydrogens is 380 g/mol. The van der Waals surface area contributed by atoms with E-state index < -0.39 is 12.7 Å². The number of nitrogens with one attached hydrogen (secondary N) is 2. The number of halogens is 4. The summed E-state index contributed by atoms with van der Waals surface area (Å²) in [6, 6.07) is 6.42. The maximum Gasteiger partial charge on any atom is 0.401 e. The molecule has 0 bridgehead atoms. The minimum Gasteiger partial charge on any atom is -0.356 e. The van der Waals surface area contributed by atoms with Gasteiger partial charge in [0.1, 0.15) is 5.82 Å². The van der Waals surface area contributed by atoms with Crippen molar-refractivity contribution in [1.82, 2.24) is 15.5 Å². The van der Waals surface area contributed by atoms with Crippen molar-refractivity contribution in [3.05, 3.63) is 30.1 Å². The number of nitrogens with zero attached hydrogens (tertiary/aromatic N) is 2. The van der Waals surface area contributed by atoms with E-state index in [0.29, 0.717) is 25.6 Å². The van der Waals surface area contributed by atoms with Crippen molar-refractivity contribution in [3.63, 3.8) is 0 Å². The highest BCUT2D eigenvalue weighted by molar-refractivity contribution is 7.99. The van der Waals surface area contributed by atoms with Crippen molar-refractivity contribution in [2.24, 2.45) is 10.9 Å². The molecule has 1 aliphatic heterocycles. The Balaban J connectivity index is 1.57. The second-order valence-electron chi connectivity index (χ2n) is 6.54. The molecule has 1 aliphatic rings. The highest BCUT2D eigenvalue weighted by Crippen LogP contribution is 2.22. The van der Waals surface area contributed by atoms with Gasteiger partial charge >= 0.3 is 6.18 Å². The molecule has 2 N–H and O–H groups in total. The van der Waals surface area contributed by atoms with Gasteiger partial charge in [0, 0.05) is 31.6 Å². The smallest absolute Gasteiger partial charge is 0.356 e. The van der Waals surface area contributed by atoms with Gasteiger partial charge in [-0.25, -0.2) is 4.39 Å². The lowest BCUT2D eigenvalue weighted by molar-refractivity contribution is -0.143. The fourth-order valence-electron chi connectivity index (χ4n) is 2.94. The van der Waals surface area contributed by atoms with Gasteiger partial charge in [0.15, 0.2) is 5.96 Å². The van der Waals surface area contributed by atoms with Crippen LogP contribution in [0.4, 0.5) is 17.6 Å². The molecule has 1 fully saturated rings. The lowest BCUT2D eigenvalue weighted by atomic mass is 10.1. The van der Waals surface area contributed by atoms with E-state index in [9.17, 15) is 17.6 Å². The Labute approximate surface area is 161 Å². The van der Waals surface area contributed by atoms with Crippen molar-refractivity contribution < 1.29 is 17.6 Å². The quantitative estimate of drug-likeness (QED) is 0.228. The van der Waals surface area contributed by atoms with Crippen LogP contribution < -0.4 is 10.6 Å². The summed E-state index contributed by atoms with van der Waals surface area (Å²) >= 11 is 1.66. The second kappa shape index (κ2) is 10.8. The molecule has 152 valence electrons. The van der Waals surface area contributed by atoms with E-state index in [-0.39, 0.29) is 11.7 Å². The molecular formula is C18H26F4N4S. The van der Waals surface area contributed by atoms with Crippen LogP contribution in [0.1, 0.15) is 12.8 Å². The van der Waals surface area contributed by atoms with Gasteiger partial charge in [-0.15, -0.1) is 11.8 Å². The molecule has 4 nitrogen and oxygen atoms in total. The van der Waals surface area contributed by atoms with Crippen molar-refractivity contribution in [2.45, 2.75) is 23.9 Å². The molecule has 1 aromatic carbocycles. The third kappa shape index (κ3) is 8.83. The number of alkyl halides is 3. The van der Waals surface area contributed by atoms with Crippen LogP contribution in [-0.2, 0) is 0 Å². The predicted octanol–water partition coefficient (Wildman–Crippen LogP) is 3.36. The summed E-state index contributed by atoms with van der Waals surface area (Å²) in [7, 11) is 1.67. The number of benzene rings is 1. The van der Waals surface area contributed by atoms with Crippen LogP contribution in [0.3, 0.4) is 0 Å². The van der Waals surface area contributed by atoms with E-state index in [0.717, 1.165) is 30.0 Å². The zero-order chi connectivity index (χ0) is 19.7. The highest BCUT2D eigenvalue weighted by Gasteiger charge is 2.34. The molecule has 1 atom stereocenters. The van der Waals surface area contributed by atoms with Gasteiger partial charge in [0.2, 0.25) is 0 Å². The van der Waals surface area contributed by atoms with Gasteiger partial charge in [-0.2, -0.15) is 13.2 Å². The molecule has 0 saturated carbocycles. The Hall–Kier alpha value is -1.48. The minimum absolute atomic E-state index is 0.194. The first kappa shape index (κ1) is 21.8. The molecule has 1 unspecified atom stereocenters. The van der Waals surface area contributed by atoms with E-state index in [1.165, 1.54) is 17.0 Å². The van der Waals surface area contributed by atoms with Crippen LogP contribution in [0.25, 0.3) is 0 Å². The van der Waals surface area contributed by atoms with Crippen LogP contribution in [0.15, 0.2) is 34.2 Å². The van der Waals surface area contributed by atoms with Crippen LogP contribution >= 0.6 is 11.8 Å². The van der Waals surface area contributed by atoms with E-state index in [4.69, 9.17) is 0 Å². The molecule has 0 radical (unpaired) electrons. The SMILES string of the molecule is CN=C(NCCCSc1ccc(F)cc1)NCC1CCN(CC(F)(F)F)C1. The lowest BCUT2D eigenvalue weighted by Gasteiger charge is -2.18. The minimum atomic E-state index is -4.13. The molecule has 0 amide bonds. The molecule has 1 aromatic rings. The van der Waals surface area contributed by atoms with Gasteiger partial charge < -0.3 is 10.6 Å². The molecule has 0 spiro atoms. The third-order valence-electron chi connectivity index (χ3n) is 4.25. The molecule has 2 rings (SSSR count). The van der Waals surface area contributed by atoms with Crippen molar-refractivity contribution >= 4 is 17.7 Å². The fourth-order valence-corrected chi connectivity index (χ4v) is 3.79. The average molecular weight is 406 g/mol. The molecule has 1 saturated heterocycles. The van der Waals surface area contributed by atoms with Crippen LogP contribution in [0.2, 0.25) is 0 Å². The Bertz CT molecular complexity index is 592. The van der Waals surface area contributed by atoms with Crippen LogP contribution in [0, 0.1) is 11.7 Å². The molecule has 9 heteroatoms. The first-order valence-corrected chi connectivity index (χ1v) is 9.96. The van der Waals surface area contributed by atoms with Gasteiger partial charge in [-0.1, -0.05) is 0 Å². The summed E-state index contributed by atoms with van der Waals surface area (Å²) < 4.78 is 50.1. The Morgan fingerprint density at radius 1 is 1.26 bits per heavy atom. The topological polar surface area (TPSA) is 39.7 Å². The van der Waals surface area contributed by atoms with Gasteiger partial charge in [-0.3, -0.25) is 9.89 Å². The number of hydrogen-bond donors (Lipinski definition) is 2. The number of thioether (sulfide) groups is 1. The summed E-state index contributed by atoms with van der Waals surface area (Å²) in [4.78, 5) is 6.63. The second-order valence-corrected chi connectivity index (χ2v) is 7.71. The van der Waals surface area contributed by atoms with E-state index in [1.54, 1.807) is 30.9 Å². The molecule has 1 heterocycles. The number of aliphatic imine (C=N–C) groups is 1. The van der Waals surface area contributed by atoms with Crippen molar-refractivity contribution in [1.29, 1.82) is 0 Å². The summed E-state index contributed by atoms with van der Waals surface area (Å²) in [5, 5.41) is 6.40. The Morgan fingerprint density at radius 3 is 2.67 bits per heavy atom. The predicted molar refractivity (Wildman–Crippen MR) is 102 cm³/mol. The van der Waals surface area contributed by atoms with Crippen LogP contribution in [0.5, 0.6) is 0 Å². The van der Waals surface area contributed by atoms with E-state index in [2.05, 4.69) is 15.6 Å². The maximum atomic E-state index is 12.8. The number of hydrogen-bond acceptors (Lipinski definition) is 3. The Morgan fingerprint density at radius 2 is 2.00 bits per heavy atom. The van der Waals surface area contributed by atoms with Crippen molar-refractivity contribution in [3.8, 4) is 0 Å². The molecule has 0 aliphatic carbocycles.